The Balaban J connectivity index is 1.92. The first-order valence-corrected chi connectivity index (χ1v) is 6.30. The van der Waals surface area contributed by atoms with Gasteiger partial charge in [-0.1, -0.05) is 24.6 Å². The molecule has 1 N–H and O–H groups in total. The van der Waals surface area contributed by atoms with Crippen molar-refractivity contribution in [1.82, 2.24) is 5.32 Å². The smallest absolute Gasteiger partial charge is 0.128 e. The highest BCUT2D eigenvalue weighted by atomic mass is 35.5. The summed E-state index contributed by atoms with van der Waals surface area (Å²) in [4.78, 5) is 0. The monoisotopic (exact) mass is 255 g/mol. The highest BCUT2D eigenvalue weighted by molar-refractivity contribution is 6.30. The Hall–Kier alpha value is -0.770. The van der Waals surface area contributed by atoms with Crippen LogP contribution in [0.25, 0.3) is 0 Å². The third kappa shape index (κ3) is 2.92. The minimum Gasteiger partial charge on any atom is -0.488 e. The maximum Gasteiger partial charge on any atom is 0.128 e. The van der Waals surface area contributed by atoms with E-state index in [0.29, 0.717) is 11.1 Å². The summed E-state index contributed by atoms with van der Waals surface area (Å²) in [6.45, 7) is 3.05. The molecule has 0 bridgehead atoms. The summed E-state index contributed by atoms with van der Waals surface area (Å²) >= 11 is 5.91. The van der Waals surface area contributed by atoms with Gasteiger partial charge in [0.05, 0.1) is 0 Å². The van der Waals surface area contributed by atoms with Gasteiger partial charge in [0.1, 0.15) is 18.0 Å². The molecule has 17 heavy (non-hydrogen) atoms. The van der Waals surface area contributed by atoms with E-state index in [2.05, 4.69) is 12.2 Å². The molecule has 3 nitrogen and oxygen atoms in total. The predicted molar refractivity (Wildman–Crippen MR) is 68.7 cm³/mol. The fourth-order valence-corrected chi connectivity index (χ4v) is 2.37. The van der Waals surface area contributed by atoms with Crippen molar-refractivity contribution >= 4 is 11.6 Å². The van der Waals surface area contributed by atoms with Crippen molar-refractivity contribution < 1.29 is 9.47 Å². The minimum atomic E-state index is 0.113. The zero-order valence-corrected chi connectivity index (χ0v) is 10.9. The van der Waals surface area contributed by atoms with Gasteiger partial charge in [-0.15, -0.1) is 0 Å². The number of hydrogen-bond donors (Lipinski definition) is 1. The first-order valence-electron chi connectivity index (χ1n) is 5.93. The van der Waals surface area contributed by atoms with Gasteiger partial charge in [-0.05, 0) is 24.7 Å². The van der Waals surface area contributed by atoms with Crippen molar-refractivity contribution in [3.8, 4) is 5.75 Å². The molecule has 0 saturated heterocycles. The van der Waals surface area contributed by atoms with Crippen molar-refractivity contribution in [2.45, 2.75) is 31.6 Å². The van der Waals surface area contributed by atoms with Crippen LogP contribution in [0.5, 0.6) is 5.75 Å². The number of benzene rings is 1. The first-order chi connectivity index (χ1) is 8.24. The van der Waals surface area contributed by atoms with Gasteiger partial charge in [0.25, 0.3) is 0 Å². The molecule has 1 fully saturated rings. The zero-order chi connectivity index (χ0) is 12.3. The van der Waals surface area contributed by atoms with E-state index in [1.165, 1.54) is 0 Å². The maximum absolute atomic E-state index is 5.91. The number of methoxy groups -OCH3 is 1. The molecule has 1 aliphatic rings. The van der Waals surface area contributed by atoms with Gasteiger partial charge in [0, 0.05) is 24.6 Å². The maximum atomic E-state index is 5.91. The molecule has 0 aromatic heterocycles. The average Bonchev–Trinajstić information content (AvgIpc) is 2.28. The van der Waals surface area contributed by atoms with Gasteiger partial charge in [0.15, 0.2) is 0 Å². The first kappa shape index (κ1) is 12.7. The van der Waals surface area contributed by atoms with Crippen LogP contribution in [-0.4, -0.2) is 31.9 Å². The largest absolute Gasteiger partial charge is 0.488 e. The molecule has 1 saturated carbocycles. The Morgan fingerprint density at radius 3 is 2.94 bits per heavy atom. The Kier molecular flexibility index (Phi) is 4.26. The van der Waals surface area contributed by atoms with Crippen LogP contribution in [0, 0.1) is 0 Å². The van der Waals surface area contributed by atoms with Crippen molar-refractivity contribution in [3.63, 3.8) is 0 Å². The van der Waals surface area contributed by atoms with Crippen LogP contribution in [0.2, 0.25) is 5.02 Å². The lowest BCUT2D eigenvalue weighted by Gasteiger charge is -2.43. The summed E-state index contributed by atoms with van der Waals surface area (Å²) < 4.78 is 11.3. The zero-order valence-electron chi connectivity index (χ0n) is 10.2. The quantitative estimate of drug-likeness (QED) is 0.877. The van der Waals surface area contributed by atoms with Crippen LogP contribution in [0.3, 0.4) is 0 Å². The molecular formula is C13H18ClNO2. The lowest BCUT2D eigenvalue weighted by atomic mass is 9.85. The topological polar surface area (TPSA) is 30.5 Å². The van der Waals surface area contributed by atoms with E-state index < -0.39 is 0 Å². The fourth-order valence-electron chi connectivity index (χ4n) is 2.19. The molecule has 0 heterocycles. The van der Waals surface area contributed by atoms with E-state index in [-0.39, 0.29) is 12.2 Å². The second kappa shape index (κ2) is 5.71. The molecular weight excluding hydrogens is 238 g/mol. The normalized spacial score (nSPS) is 27.6. The third-order valence-electron chi connectivity index (χ3n) is 3.07. The Morgan fingerprint density at radius 1 is 1.47 bits per heavy atom. The molecule has 0 spiro atoms. The molecule has 94 valence electrons. The van der Waals surface area contributed by atoms with Crippen LogP contribution in [0.4, 0.5) is 0 Å². The summed E-state index contributed by atoms with van der Waals surface area (Å²) in [7, 11) is 1.72. The van der Waals surface area contributed by atoms with E-state index >= 15 is 0 Å². The lowest BCUT2D eigenvalue weighted by molar-refractivity contribution is -0.0883. The minimum absolute atomic E-state index is 0.113. The summed E-state index contributed by atoms with van der Waals surface area (Å²) in [5.74, 6) is 0.805. The number of rotatable bonds is 5. The van der Waals surface area contributed by atoms with Gasteiger partial charge in [-0.25, -0.2) is 0 Å². The molecule has 2 rings (SSSR count). The standard InChI is InChI=1S/C13H18ClNO2/c1-3-15-11-8-12(13(11)16-2)17-10-6-4-5-9(14)7-10/h4-7,11-13,15H,3,8H2,1-2H3. The van der Waals surface area contributed by atoms with Crippen LogP contribution >= 0.6 is 11.6 Å². The van der Waals surface area contributed by atoms with Gasteiger partial charge in [-0.2, -0.15) is 0 Å². The summed E-state index contributed by atoms with van der Waals surface area (Å²) in [6.07, 6.45) is 1.20. The van der Waals surface area contributed by atoms with Crippen molar-refractivity contribution in [3.05, 3.63) is 29.3 Å². The number of ether oxygens (including phenoxy) is 2. The summed E-state index contributed by atoms with van der Waals surface area (Å²) in [5.41, 5.74) is 0. The van der Waals surface area contributed by atoms with E-state index in [9.17, 15) is 0 Å². The predicted octanol–water partition coefficient (Wildman–Crippen LogP) is 2.48. The summed E-state index contributed by atoms with van der Waals surface area (Å²) in [5, 5.41) is 4.07. The van der Waals surface area contributed by atoms with Gasteiger partial charge >= 0.3 is 0 Å². The molecule has 0 amide bonds. The van der Waals surface area contributed by atoms with Crippen LogP contribution < -0.4 is 10.1 Å². The molecule has 3 unspecified atom stereocenters. The Morgan fingerprint density at radius 2 is 2.29 bits per heavy atom. The van der Waals surface area contributed by atoms with Crippen molar-refractivity contribution in [2.75, 3.05) is 13.7 Å². The molecule has 1 aromatic rings. The second-order valence-electron chi connectivity index (χ2n) is 4.21. The van der Waals surface area contributed by atoms with Crippen molar-refractivity contribution in [1.29, 1.82) is 0 Å². The molecule has 0 radical (unpaired) electrons. The fraction of sp³-hybridized carbons (Fsp3) is 0.538. The molecule has 0 aliphatic heterocycles. The Bertz CT molecular complexity index is 372. The second-order valence-corrected chi connectivity index (χ2v) is 4.65. The van der Waals surface area contributed by atoms with Crippen LogP contribution in [0.1, 0.15) is 13.3 Å². The number of hydrogen-bond acceptors (Lipinski definition) is 3. The highest BCUT2D eigenvalue weighted by Gasteiger charge is 2.42. The van der Waals surface area contributed by atoms with E-state index in [4.69, 9.17) is 21.1 Å². The van der Waals surface area contributed by atoms with Crippen molar-refractivity contribution in [2.24, 2.45) is 0 Å². The SMILES string of the molecule is CCNC1CC(Oc2cccc(Cl)c2)C1OC. The summed E-state index contributed by atoms with van der Waals surface area (Å²) in [6, 6.07) is 7.87. The van der Waals surface area contributed by atoms with E-state index in [1.54, 1.807) is 7.11 Å². The highest BCUT2D eigenvalue weighted by Crippen LogP contribution is 2.29. The van der Waals surface area contributed by atoms with Gasteiger partial charge in [-0.3, -0.25) is 0 Å². The number of halogens is 1. The van der Waals surface area contributed by atoms with E-state index in [0.717, 1.165) is 18.7 Å². The van der Waals surface area contributed by atoms with Crippen LogP contribution in [-0.2, 0) is 4.74 Å². The molecule has 3 atom stereocenters. The number of likely N-dealkylation sites (N-methyl/N-ethyl adjacent to an activating group) is 1. The molecule has 1 aromatic carbocycles. The van der Waals surface area contributed by atoms with E-state index in [1.807, 2.05) is 24.3 Å². The van der Waals surface area contributed by atoms with Crippen LogP contribution in [0.15, 0.2) is 24.3 Å². The number of nitrogens with one attached hydrogen (secondary N) is 1. The Labute approximate surface area is 107 Å². The van der Waals surface area contributed by atoms with Gasteiger partial charge in [0.2, 0.25) is 0 Å². The van der Waals surface area contributed by atoms with Gasteiger partial charge < -0.3 is 14.8 Å². The molecule has 1 aliphatic carbocycles. The molecule has 4 heteroatoms. The average molecular weight is 256 g/mol. The lowest BCUT2D eigenvalue weighted by Crippen LogP contribution is -2.60. The third-order valence-corrected chi connectivity index (χ3v) is 3.31.